The predicted octanol–water partition coefficient (Wildman–Crippen LogP) is 4.38. The number of rotatable bonds is 4. The Morgan fingerprint density at radius 2 is 2.00 bits per heavy atom. The highest BCUT2D eigenvalue weighted by atomic mass is 79.9. The normalized spacial score (nSPS) is 12.2. The lowest BCUT2D eigenvalue weighted by atomic mass is 9.97. The van der Waals surface area contributed by atoms with Crippen LogP contribution in [0.3, 0.4) is 0 Å². The van der Waals surface area contributed by atoms with Crippen LogP contribution in [0.5, 0.6) is 5.75 Å². The average molecular weight is 339 g/mol. The van der Waals surface area contributed by atoms with Gasteiger partial charge in [-0.1, -0.05) is 12.1 Å². The number of hydrogen-bond acceptors (Lipinski definition) is 2. The van der Waals surface area contributed by atoms with Crippen molar-refractivity contribution >= 4 is 15.9 Å². The lowest BCUT2D eigenvalue weighted by Crippen LogP contribution is -2.03. The van der Waals surface area contributed by atoms with Crippen molar-refractivity contribution < 1.29 is 14.2 Å². The van der Waals surface area contributed by atoms with Crippen molar-refractivity contribution in [2.45, 2.75) is 20.0 Å². The fraction of sp³-hybridized carbons (Fsp3) is 0.250. The lowest BCUT2D eigenvalue weighted by molar-refractivity contribution is 0.218. The molecule has 1 N–H and O–H groups in total. The van der Waals surface area contributed by atoms with Gasteiger partial charge in [0.1, 0.15) is 17.7 Å². The van der Waals surface area contributed by atoms with E-state index in [1.54, 1.807) is 24.3 Å². The number of halogens is 2. The third-order valence-electron chi connectivity index (χ3n) is 3.11. The molecule has 0 aliphatic rings. The van der Waals surface area contributed by atoms with Crippen molar-refractivity contribution in [2.75, 3.05) is 6.61 Å². The first-order chi connectivity index (χ1) is 9.52. The summed E-state index contributed by atoms with van der Waals surface area (Å²) in [5, 5.41) is 10.4. The molecule has 2 aromatic rings. The molecule has 2 rings (SSSR count). The fourth-order valence-corrected chi connectivity index (χ4v) is 2.56. The van der Waals surface area contributed by atoms with Gasteiger partial charge in [0.2, 0.25) is 0 Å². The maximum atomic E-state index is 13.3. The number of ether oxygens (including phenoxy) is 1. The molecule has 0 aliphatic heterocycles. The van der Waals surface area contributed by atoms with Gasteiger partial charge in [0.15, 0.2) is 0 Å². The smallest absolute Gasteiger partial charge is 0.133 e. The monoisotopic (exact) mass is 338 g/mol. The first-order valence-corrected chi connectivity index (χ1v) is 7.18. The Balaban J connectivity index is 2.35. The van der Waals surface area contributed by atoms with E-state index in [9.17, 15) is 9.50 Å². The Bertz CT molecular complexity index is 613. The maximum absolute atomic E-state index is 13.3. The molecule has 0 aliphatic carbocycles. The van der Waals surface area contributed by atoms with E-state index in [1.807, 2.05) is 13.8 Å². The van der Waals surface area contributed by atoms with Crippen LogP contribution in [0.25, 0.3) is 0 Å². The Morgan fingerprint density at radius 3 is 2.65 bits per heavy atom. The van der Waals surface area contributed by atoms with E-state index in [2.05, 4.69) is 15.9 Å². The molecule has 0 saturated carbocycles. The maximum Gasteiger partial charge on any atom is 0.133 e. The molecule has 0 fully saturated rings. The van der Waals surface area contributed by atoms with Crippen LogP contribution < -0.4 is 4.74 Å². The van der Waals surface area contributed by atoms with Crippen LogP contribution in [-0.2, 0) is 0 Å². The standard InChI is InChI=1S/C16H16BrFO2/c1-3-20-15-7-5-11(8-14(15)17)16(19)13-9-12(18)6-4-10(13)2/h4-9,16,19H,3H2,1-2H3. The van der Waals surface area contributed by atoms with Crippen molar-refractivity contribution in [3.8, 4) is 5.75 Å². The third kappa shape index (κ3) is 3.19. The van der Waals surface area contributed by atoms with Crippen molar-refractivity contribution in [3.05, 3.63) is 63.4 Å². The van der Waals surface area contributed by atoms with E-state index >= 15 is 0 Å². The largest absolute Gasteiger partial charge is 0.493 e. The van der Waals surface area contributed by atoms with Crippen LogP contribution in [0.2, 0.25) is 0 Å². The summed E-state index contributed by atoms with van der Waals surface area (Å²) < 4.78 is 19.5. The van der Waals surface area contributed by atoms with Crippen molar-refractivity contribution in [2.24, 2.45) is 0 Å². The molecule has 0 amide bonds. The SMILES string of the molecule is CCOc1ccc(C(O)c2cc(F)ccc2C)cc1Br. The Kier molecular flexibility index (Phi) is 4.78. The number of aliphatic hydroxyl groups excluding tert-OH is 1. The van der Waals surface area contributed by atoms with Gasteiger partial charge in [-0.25, -0.2) is 4.39 Å². The van der Waals surface area contributed by atoms with Crippen LogP contribution in [0.4, 0.5) is 4.39 Å². The molecule has 0 radical (unpaired) electrons. The van der Waals surface area contributed by atoms with Crippen molar-refractivity contribution in [3.63, 3.8) is 0 Å². The minimum Gasteiger partial charge on any atom is -0.493 e. The molecular weight excluding hydrogens is 323 g/mol. The summed E-state index contributed by atoms with van der Waals surface area (Å²) in [6.45, 7) is 4.33. The van der Waals surface area contributed by atoms with Gasteiger partial charge >= 0.3 is 0 Å². The van der Waals surface area contributed by atoms with Crippen LogP contribution in [0.15, 0.2) is 40.9 Å². The summed E-state index contributed by atoms with van der Waals surface area (Å²) in [4.78, 5) is 0. The zero-order valence-corrected chi connectivity index (χ0v) is 12.9. The van der Waals surface area contributed by atoms with Crippen molar-refractivity contribution in [1.29, 1.82) is 0 Å². The predicted molar refractivity (Wildman–Crippen MR) is 80.5 cm³/mol. The molecule has 106 valence electrons. The average Bonchev–Trinajstić information content (AvgIpc) is 2.43. The minimum atomic E-state index is -0.863. The Hall–Kier alpha value is -1.39. The Morgan fingerprint density at radius 1 is 1.25 bits per heavy atom. The van der Waals surface area contributed by atoms with E-state index in [0.717, 1.165) is 15.8 Å². The van der Waals surface area contributed by atoms with Gasteiger partial charge in [-0.15, -0.1) is 0 Å². The fourth-order valence-electron chi connectivity index (χ4n) is 2.05. The highest BCUT2D eigenvalue weighted by Gasteiger charge is 2.15. The van der Waals surface area contributed by atoms with Crippen molar-refractivity contribution in [1.82, 2.24) is 0 Å². The van der Waals surface area contributed by atoms with E-state index in [0.29, 0.717) is 17.7 Å². The topological polar surface area (TPSA) is 29.5 Å². The number of benzene rings is 2. The van der Waals surface area contributed by atoms with Crippen LogP contribution in [-0.4, -0.2) is 11.7 Å². The molecule has 1 unspecified atom stereocenters. The van der Waals surface area contributed by atoms with Gasteiger partial charge in [-0.3, -0.25) is 0 Å². The number of aliphatic hydroxyl groups is 1. The highest BCUT2D eigenvalue weighted by molar-refractivity contribution is 9.10. The van der Waals surface area contributed by atoms with Crippen LogP contribution in [0.1, 0.15) is 29.7 Å². The summed E-state index contributed by atoms with van der Waals surface area (Å²) in [5.74, 6) is 0.370. The summed E-state index contributed by atoms with van der Waals surface area (Å²) in [6.07, 6.45) is -0.863. The van der Waals surface area contributed by atoms with Gasteiger partial charge in [0, 0.05) is 0 Å². The zero-order chi connectivity index (χ0) is 14.7. The summed E-state index contributed by atoms with van der Waals surface area (Å²) in [6, 6.07) is 9.78. The number of hydrogen-bond donors (Lipinski definition) is 1. The summed E-state index contributed by atoms with van der Waals surface area (Å²) in [7, 11) is 0. The molecule has 1 atom stereocenters. The molecular formula is C16H16BrFO2. The van der Waals surface area contributed by atoms with Crippen LogP contribution >= 0.6 is 15.9 Å². The molecule has 0 bridgehead atoms. The van der Waals surface area contributed by atoms with E-state index < -0.39 is 6.10 Å². The first kappa shape index (κ1) is 15.0. The van der Waals surface area contributed by atoms with E-state index in [1.165, 1.54) is 12.1 Å². The van der Waals surface area contributed by atoms with Gasteiger partial charge in [0.25, 0.3) is 0 Å². The van der Waals surface area contributed by atoms with Gasteiger partial charge in [-0.05, 0) is 70.7 Å². The second kappa shape index (κ2) is 6.37. The van der Waals surface area contributed by atoms with E-state index in [-0.39, 0.29) is 5.82 Å². The van der Waals surface area contributed by atoms with Gasteiger partial charge < -0.3 is 9.84 Å². The Labute approximate surface area is 126 Å². The molecule has 0 aromatic heterocycles. The molecule has 20 heavy (non-hydrogen) atoms. The van der Waals surface area contributed by atoms with Gasteiger partial charge in [0.05, 0.1) is 11.1 Å². The first-order valence-electron chi connectivity index (χ1n) is 6.39. The molecule has 0 heterocycles. The zero-order valence-electron chi connectivity index (χ0n) is 11.4. The lowest BCUT2D eigenvalue weighted by Gasteiger charge is -2.16. The second-order valence-electron chi connectivity index (χ2n) is 4.53. The molecule has 0 spiro atoms. The molecule has 0 saturated heterocycles. The second-order valence-corrected chi connectivity index (χ2v) is 5.38. The molecule has 2 aromatic carbocycles. The third-order valence-corrected chi connectivity index (χ3v) is 3.73. The minimum absolute atomic E-state index is 0.352. The summed E-state index contributed by atoms with van der Waals surface area (Å²) in [5.41, 5.74) is 2.11. The quantitative estimate of drug-likeness (QED) is 0.896. The van der Waals surface area contributed by atoms with Crippen LogP contribution in [0, 0.1) is 12.7 Å². The highest BCUT2D eigenvalue weighted by Crippen LogP contribution is 2.32. The number of aryl methyl sites for hydroxylation is 1. The van der Waals surface area contributed by atoms with Gasteiger partial charge in [-0.2, -0.15) is 0 Å². The molecule has 2 nitrogen and oxygen atoms in total. The summed E-state index contributed by atoms with van der Waals surface area (Å²) >= 11 is 3.41. The molecule has 4 heteroatoms. The van der Waals surface area contributed by atoms with E-state index in [4.69, 9.17) is 4.74 Å².